The van der Waals surface area contributed by atoms with Gasteiger partial charge in [-0.05, 0) is 37.1 Å². The normalized spacial score (nSPS) is 19.5. The molecule has 166 valence electrons. The number of hydrogen-bond donors (Lipinski definition) is 1. The third kappa shape index (κ3) is 5.05. The van der Waals surface area contributed by atoms with Gasteiger partial charge >= 0.3 is 0 Å². The zero-order valence-corrected chi connectivity index (χ0v) is 18.7. The van der Waals surface area contributed by atoms with Crippen LogP contribution in [0.3, 0.4) is 0 Å². The molecule has 0 radical (unpaired) electrons. The predicted molar refractivity (Wildman–Crippen MR) is 116 cm³/mol. The maximum atomic E-state index is 12.8. The molecule has 0 bridgehead atoms. The van der Waals surface area contributed by atoms with Crippen molar-refractivity contribution >= 4 is 43.8 Å². The Morgan fingerprint density at radius 3 is 2.42 bits per heavy atom. The lowest BCUT2D eigenvalue weighted by Crippen LogP contribution is -2.52. The number of hydrogen-bond acceptors (Lipinski definition) is 8. The predicted octanol–water partition coefficient (Wildman–Crippen LogP) is 1.75. The van der Waals surface area contributed by atoms with E-state index in [2.05, 4.69) is 10.3 Å². The Morgan fingerprint density at radius 2 is 1.81 bits per heavy atom. The molecule has 2 aromatic rings. The number of nitrogens with one attached hydrogen (secondary N) is 1. The quantitative estimate of drug-likeness (QED) is 0.718. The van der Waals surface area contributed by atoms with Crippen molar-refractivity contribution in [1.82, 2.24) is 14.8 Å². The molecule has 2 amide bonds. The van der Waals surface area contributed by atoms with Gasteiger partial charge in [0.2, 0.25) is 0 Å². The second kappa shape index (κ2) is 8.93. The first-order valence-electron chi connectivity index (χ1n) is 10.0. The van der Waals surface area contributed by atoms with Crippen LogP contribution in [0.5, 0.6) is 0 Å². The molecule has 9 nitrogen and oxygen atoms in total. The fourth-order valence-electron chi connectivity index (χ4n) is 3.61. The van der Waals surface area contributed by atoms with E-state index < -0.39 is 9.84 Å². The fraction of sp³-hybridized carbons (Fsp3) is 0.450. The van der Waals surface area contributed by atoms with Crippen LogP contribution in [0.15, 0.2) is 34.5 Å². The van der Waals surface area contributed by atoms with Crippen molar-refractivity contribution in [3.8, 4) is 0 Å². The largest absolute Gasteiger partial charge is 0.368 e. The van der Waals surface area contributed by atoms with Gasteiger partial charge < -0.3 is 19.9 Å². The van der Waals surface area contributed by atoms with Gasteiger partial charge in [-0.2, -0.15) is 0 Å². The topological polar surface area (TPSA) is 109 Å². The number of aromatic nitrogens is 1. The van der Waals surface area contributed by atoms with E-state index in [1.54, 1.807) is 27.3 Å². The first-order valence-corrected chi connectivity index (χ1v) is 12.8. The van der Waals surface area contributed by atoms with Crippen LogP contribution in [0.4, 0.5) is 10.8 Å². The van der Waals surface area contributed by atoms with E-state index in [0.717, 1.165) is 19.1 Å². The highest BCUT2D eigenvalue weighted by Crippen LogP contribution is 2.23. The van der Waals surface area contributed by atoms with Gasteiger partial charge in [0.25, 0.3) is 11.8 Å². The van der Waals surface area contributed by atoms with Gasteiger partial charge in [-0.1, -0.05) is 0 Å². The van der Waals surface area contributed by atoms with Crippen LogP contribution < -0.4 is 5.32 Å². The molecule has 11 heteroatoms. The summed E-state index contributed by atoms with van der Waals surface area (Å²) < 4.78 is 28.6. The first-order chi connectivity index (χ1) is 14.8. The molecule has 31 heavy (non-hydrogen) atoms. The standard InChI is InChI=1S/C20H24N4O5S2/c1-31(27,28)15-6-4-14(5-7-15)21-20-22-16(13-30-20)18(25)23-8-10-24(11-9-23)19(26)17-3-2-12-29-17/h4-7,13,17H,2-3,8-12H2,1H3,(H,21,22). The minimum atomic E-state index is -3.25. The Kier molecular flexibility index (Phi) is 6.26. The summed E-state index contributed by atoms with van der Waals surface area (Å²) in [6.07, 6.45) is 2.51. The van der Waals surface area contributed by atoms with E-state index in [0.29, 0.717) is 49.3 Å². The summed E-state index contributed by atoms with van der Waals surface area (Å²) in [7, 11) is -3.25. The van der Waals surface area contributed by atoms with Crippen LogP contribution >= 0.6 is 11.3 Å². The number of anilines is 2. The van der Waals surface area contributed by atoms with E-state index in [1.807, 2.05) is 0 Å². The fourth-order valence-corrected chi connectivity index (χ4v) is 4.94. The number of nitrogens with zero attached hydrogens (tertiary/aromatic N) is 3. The van der Waals surface area contributed by atoms with E-state index in [4.69, 9.17) is 4.74 Å². The third-order valence-corrected chi connectivity index (χ3v) is 7.23. The van der Waals surface area contributed by atoms with E-state index in [1.165, 1.54) is 23.5 Å². The second-order valence-electron chi connectivity index (χ2n) is 7.58. The highest BCUT2D eigenvalue weighted by atomic mass is 32.2. The monoisotopic (exact) mass is 464 g/mol. The molecule has 1 unspecified atom stereocenters. The van der Waals surface area contributed by atoms with Gasteiger partial charge in [0, 0.05) is 50.1 Å². The molecular formula is C20H24N4O5S2. The van der Waals surface area contributed by atoms with Crippen molar-refractivity contribution in [2.24, 2.45) is 0 Å². The van der Waals surface area contributed by atoms with Crippen molar-refractivity contribution < 1.29 is 22.7 Å². The molecule has 0 spiro atoms. The SMILES string of the molecule is CS(=O)(=O)c1ccc(Nc2nc(C(=O)N3CCN(C(=O)C4CCCO4)CC3)cs2)cc1. The number of ether oxygens (including phenoxy) is 1. The average Bonchev–Trinajstić information content (AvgIpc) is 3.45. The molecule has 2 aliphatic rings. The third-order valence-electron chi connectivity index (χ3n) is 5.34. The molecular weight excluding hydrogens is 440 g/mol. The van der Waals surface area contributed by atoms with Crippen LogP contribution in [0.1, 0.15) is 23.3 Å². The molecule has 2 saturated heterocycles. The Hall–Kier alpha value is -2.50. The molecule has 4 rings (SSSR count). The highest BCUT2D eigenvalue weighted by molar-refractivity contribution is 7.90. The maximum Gasteiger partial charge on any atom is 0.273 e. The first kappa shape index (κ1) is 21.7. The minimum Gasteiger partial charge on any atom is -0.368 e. The molecule has 0 aliphatic carbocycles. The molecule has 1 aromatic carbocycles. The van der Waals surface area contributed by atoms with Crippen molar-refractivity contribution in [2.45, 2.75) is 23.8 Å². The summed E-state index contributed by atoms with van der Waals surface area (Å²) in [5.74, 6) is -0.146. The number of carbonyl (C=O) groups is 2. The summed E-state index contributed by atoms with van der Waals surface area (Å²) >= 11 is 1.30. The number of amides is 2. The molecule has 2 aliphatic heterocycles. The average molecular weight is 465 g/mol. The molecule has 2 fully saturated rings. The van der Waals surface area contributed by atoms with Crippen LogP contribution in [0.2, 0.25) is 0 Å². The van der Waals surface area contributed by atoms with Gasteiger partial charge in [0.1, 0.15) is 11.8 Å². The lowest BCUT2D eigenvalue weighted by atomic mass is 10.2. The van der Waals surface area contributed by atoms with Crippen LogP contribution in [-0.2, 0) is 19.4 Å². The summed E-state index contributed by atoms with van der Waals surface area (Å²) in [5, 5.41) is 5.33. The van der Waals surface area contributed by atoms with Crippen LogP contribution in [-0.4, -0.2) is 80.2 Å². The van der Waals surface area contributed by atoms with E-state index in [-0.39, 0.29) is 22.8 Å². The Balaban J connectivity index is 1.33. The number of sulfone groups is 1. The summed E-state index contributed by atoms with van der Waals surface area (Å²) in [6.45, 7) is 2.55. The minimum absolute atomic E-state index is 0.0200. The van der Waals surface area contributed by atoms with Gasteiger partial charge in [-0.25, -0.2) is 13.4 Å². The van der Waals surface area contributed by atoms with E-state index in [9.17, 15) is 18.0 Å². The number of piperazine rings is 1. The number of benzene rings is 1. The Labute approximate surface area is 184 Å². The Morgan fingerprint density at radius 1 is 1.13 bits per heavy atom. The van der Waals surface area contributed by atoms with Gasteiger partial charge in [0.15, 0.2) is 15.0 Å². The zero-order valence-electron chi connectivity index (χ0n) is 17.1. The Bertz CT molecular complexity index is 1050. The van der Waals surface area contributed by atoms with Crippen molar-refractivity contribution in [2.75, 3.05) is 44.4 Å². The molecule has 1 aromatic heterocycles. The summed E-state index contributed by atoms with van der Waals surface area (Å²) in [6, 6.07) is 6.36. The smallest absolute Gasteiger partial charge is 0.273 e. The molecule has 3 heterocycles. The number of carbonyl (C=O) groups excluding carboxylic acids is 2. The lowest BCUT2D eigenvalue weighted by molar-refractivity contribution is -0.142. The maximum absolute atomic E-state index is 12.8. The molecule has 0 saturated carbocycles. The number of rotatable bonds is 5. The van der Waals surface area contributed by atoms with Gasteiger partial charge in [0.05, 0.1) is 4.90 Å². The second-order valence-corrected chi connectivity index (χ2v) is 10.5. The van der Waals surface area contributed by atoms with E-state index >= 15 is 0 Å². The molecule has 1 atom stereocenters. The van der Waals surface area contributed by atoms with Crippen molar-refractivity contribution in [3.63, 3.8) is 0 Å². The number of thiazole rings is 1. The van der Waals surface area contributed by atoms with Gasteiger partial charge in [-0.3, -0.25) is 9.59 Å². The van der Waals surface area contributed by atoms with Crippen molar-refractivity contribution in [3.05, 3.63) is 35.3 Å². The lowest BCUT2D eigenvalue weighted by Gasteiger charge is -2.35. The van der Waals surface area contributed by atoms with Gasteiger partial charge in [-0.15, -0.1) is 11.3 Å². The highest BCUT2D eigenvalue weighted by Gasteiger charge is 2.32. The van der Waals surface area contributed by atoms with Crippen LogP contribution in [0, 0.1) is 0 Å². The summed E-state index contributed by atoms with van der Waals surface area (Å²) in [5.41, 5.74) is 1.03. The van der Waals surface area contributed by atoms with Crippen molar-refractivity contribution in [1.29, 1.82) is 0 Å². The molecule has 1 N–H and O–H groups in total. The zero-order chi connectivity index (χ0) is 22.0. The summed E-state index contributed by atoms with van der Waals surface area (Å²) in [4.78, 5) is 33.3. The van der Waals surface area contributed by atoms with Crippen LogP contribution in [0.25, 0.3) is 0 Å².